The number of hydrogen-bond acceptors (Lipinski definition) is 4. The molecular weight excluding hydrogens is 194 g/mol. The van der Waals surface area contributed by atoms with Gasteiger partial charge in [0.1, 0.15) is 6.29 Å². The summed E-state index contributed by atoms with van der Waals surface area (Å²) in [6.45, 7) is 0. The van der Waals surface area contributed by atoms with Crippen LogP contribution in [0.2, 0.25) is 0 Å². The van der Waals surface area contributed by atoms with Crippen LogP contribution in [0, 0.1) is 0 Å². The molecule has 0 aliphatic rings. The van der Waals surface area contributed by atoms with E-state index in [1.165, 1.54) is 7.11 Å². The Hall–Kier alpha value is -1.84. The smallest absolute Gasteiger partial charge is 0.339 e. The van der Waals surface area contributed by atoms with Crippen LogP contribution in [0.25, 0.3) is 0 Å². The Morgan fingerprint density at radius 3 is 2.80 bits per heavy atom. The fourth-order valence-corrected chi connectivity index (χ4v) is 1.29. The van der Waals surface area contributed by atoms with Crippen LogP contribution in [0.5, 0.6) is 0 Å². The number of benzene rings is 1. The SMILES string of the molecule is COC(=O)c1ccc(CCC=O)cc1N. The summed E-state index contributed by atoms with van der Waals surface area (Å²) < 4.78 is 4.56. The average Bonchev–Trinajstić information content (AvgIpc) is 2.25. The molecule has 0 aliphatic carbocycles. The van der Waals surface area contributed by atoms with Crippen molar-refractivity contribution >= 4 is 17.9 Å². The number of nitrogens with two attached hydrogens (primary N) is 1. The molecule has 0 heterocycles. The topological polar surface area (TPSA) is 69.4 Å². The lowest BCUT2D eigenvalue weighted by Crippen LogP contribution is -2.06. The van der Waals surface area contributed by atoms with Crippen LogP contribution in [0.1, 0.15) is 22.3 Å². The predicted octanol–water partition coefficient (Wildman–Crippen LogP) is 1.19. The molecule has 4 nitrogen and oxygen atoms in total. The Bertz CT molecular complexity index is 374. The monoisotopic (exact) mass is 207 g/mol. The fraction of sp³-hybridized carbons (Fsp3) is 0.273. The number of carbonyl (C=O) groups is 2. The van der Waals surface area contributed by atoms with E-state index in [0.29, 0.717) is 24.1 Å². The van der Waals surface area contributed by atoms with Gasteiger partial charge in [-0.3, -0.25) is 0 Å². The minimum Gasteiger partial charge on any atom is -0.465 e. The van der Waals surface area contributed by atoms with Gasteiger partial charge < -0.3 is 15.3 Å². The van der Waals surface area contributed by atoms with Gasteiger partial charge in [0.25, 0.3) is 0 Å². The first-order chi connectivity index (χ1) is 7.19. The van der Waals surface area contributed by atoms with Crippen molar-refractivity contribution < 1.29 is 14.3 Å². The predicted molar refractivity (Wildman–Crippen MR) is 56.6 cm³/mol. The lowest BCUT2D eigenvalue weighted by molar-refractivity contribution is -0.107. The molecule has 0 aromatic heterocycles. The number of aryl methyl sites for hydroxylation is 1. The van der Waals surface area contributed by atoms with Crippen molar-refractivity contribution in [2.45, 2.75) is 12.8 Å². The third-order valence-corrected chi connectivity index (χ3v) is 2.07. The van der Waals surface area contributed by atoms with E-state index in [-0.39, 0.29) is 0 Å². The molecule has 0 atom stereocenters. The summed E-state index contributed by atoms with van der Waals surface area (Å²) >= 11 is 0. The first-order valence-corrected chi connectivity index (χ1v) is 4.59. The van der Waals surface area contributed by atoms with Crippen LogP contribution in [-0.2, 0) is 16.0 Å². The van der Waals surface area contributed by atoms with Gasteiger partial charge in [-0.2, -0.15) is 0 Å². The van der Waals surface area contributed by atoms with Gasteiger partial charge in [-0.1, -0.05) is 6.07 Å². The zero-order valence-electron chi connectivity index (χ0n) is 8.53. The molecule has 0 aliphatic heterocycles. The summed E-state index contributed by atoms with van der Waals surface area (Å²) in [6.07, 6.45) is 1.94. The van der Waals surface area contributed by atoms with Crippen LogP contribution in [0.3, 0.4) is 0 Å². The Morgan fingerprint density at radius 1 is 1.53 bits per heavy atom. The van der Waals surface area contributed by atoms with E-state index >= 15 is 0 Å². The third-order valence-electron chi connectivity index (χ3n) is 2.07. The van der Waals surface area contributed by atoms with Crippen LogP contribution >= 0.6 is 0 Å². The number of hydrogen-bond donors (Lipinski definition) is 1. The standard InChI is InChI=1S/C11H13NO3/c1-15-11(14)9-5-4-8(3-2-6-13)7-10(9)12/h4-7H,2-3,12H2,1H3. The quantitative estimate of drug-likeness (QED) is 0.457. The lowest BCUT2D eigenvalue weighted by Gasteiger charge is -2.05. The van der Waals surface area contributed by atoms with E-state index in [4.69, 9.17) is 5.73 Å². The summed E-state index contributed by atoms with van der Waals surface area (Å²) in [5, 5.41) is 0. The van der Waals surface area contributed by atoms with Crippen LogP contribution in [0.15, 0.2) is 18.2 Å². The van der Waals surface area contributed by atoms with Crippen molar-refractivity contribution in [2.24, 2.45) is 0 Å². The number of carbonyl (C=O) groups excluding carboxylic acids is 2. The Labute approximate surface area is 88.0 Å². The van der Waals surface area contributed by atoms with E-state index in [2.05, 4.69) is 4.74 Å². The number of methoxy groups -OCH3 is 1. The average molecular weight is 207 g/mol. The highest BCUT2D eigenvalue weighted by atomic mass is 16.5. The molecule has 0 unspecified atom stereocenters. The second kappa shape index (κ2) is 5.14. The molecule has 15 heavy (non-hydrogen) atoms. The zero-order chi connectivity index (χ0) is 11.3. The van der Waals surface area contributed by atoms with Gasteiger partial charge in [0.2, 0.25) is 0 Å². The van der Waals surface area contributed by atoms with Gasteiger partial charge in [-0.25, -0.2) is 4.79 Å². The van der Waals surface area contributed by atoms with Crippen LogP contribution < -0.4 is 5.73 Å². The van der Waals surface area contributed by atoms with E-state index in [0.717, 1.165) is 11.8 Å². The summed E-state index contributed by atoms with van der Waals surface area (Å²) in [5.41, 5.74) is 7.35. The molecule has 1 aromatic rings. The van der Waals surface area contributed by atoms with Crippen molar-refractivity contribution in [3.05, 3.63) is 29.3 Å². The summed E-state index contributed by atoms with van der Waals surface area (Å²) in [7, 11) is 1.31. The van der Waals surface area contributed by atoms with E-state index in [9.17, 15) is 9.59 Å². The number of ether oxygens (including phenoxy) is 1. The maximum Gasteiger partial charge on any atom is 0.339 e. The van der Waals surface area contributed by atoms with Crippen molar-refractivity contribution in [2.75, 3.05) is 12.8 Å². The summed E-state index contributed by atoms with van der Waals surface area (Å²) in [5.74, 6) is -0.450. The first-order valence-electron chi connectivity index (χ1n) is 4.59. The van der Waals surface area contributed by atoms with Gasteiger partial charge in [-0.15, -0.1) is 0 Å². The maximum atomic E-state index is 11.2. The number of rotatable bonds is 4. The zero-order valence-corrected chi connectivity index (χ0v) is 8.53. The van der Waals surface area contributed by atoms with Gasteiger partial charge in [0, 0.05) is 12.1 Å². The van der Waals surface area contributed by atoms with Gasteiger partial charge in [0.15, 0.2) is 0 Å². The highest BCUT2D eigenvalue weighted by molar-refractivity contribution is 5.95. The molecule has 2 N–H and O–H groups in total. The molecule has 0 saturated heterocycles. The Kier molecular flexibility index (Phi) is 3.85. The van der Waals surface area contributed by atoms with E-state index < -0.39 is 5.97 Å². The number of anilines is 1. The van der Waals surface area contributed by atoms with E-state index in [1.54, 1.807) is 18.2 Å². The van der Waals surface area contributed by atoms with Gasteiger partial charge in [0.05, 0.1) is 12.7 Å². The minimum atomic E-state index is -0.450. The molecule has 0 bridgehead atoms. The molecule has 1 aromatic carbocycles. The summed E-state index contributed by atoms with van der Waals surface area (Å²) in [6, 6.07) is 5.07. The molecule has 4 heteroatoms. The maximum absolute atomic E-state index is 11.2. The fourth-order valence-electron chi connectivity index (χ4n) is 1.29. The second-order valence-electron chi connectivity index (χ2n) is 3.12. The molecule has 1 rings (SSSR count). The molecule has 0 spiro atoms. The molecular formula is C11H13NO3. The minimum absolute atomic E-state index is 0.354. The number of nitrogen functional groups attached to an aromatic ring is 1. The molecule has 80 valence electrons. The van der Waals surface area contributed by atoms with Crippen molar-refractivity contribution in [1.29, 1.82) is 0 Å². The van der Waals surface area contributed by atoms with Gasteiger partial charge >= 0.3 is 5.97 Å². The van der Waals surface area contributed by atoms with Crippen molar-refractivity contribution in [3.8, 4) is 0 Å². The van der Waals surface area contributed by atoms with Crippen molar-refractivity contribution in [3.63, 3.8) is 0 Å². The molecule has 0 radical (unpaired) electrons. The number of aldehydes is 1. The summed E-state index contributed by atoms with van der Waals surface area (Å²) in [4.78, 5) is 21.4. The Morgan fingerprint density at radius 2 is 2.27 bits per heavy atom. The van der Waals surface area contributed by atoms with Crippen molar-refractivity contribution in [1.82, 2.24) is 0 Å². The van der Waals surface area contributed by atoms with Gasteiger partial charge in [-0.05, 0) is 24.1 Å². The van der Waals surface area contributed by atoms with Crippen LogP contribution in [0.4, 0.5) is 5.69 Å². The highest BCUT2D eigenvalue weighted by Crippen LogP contribution is 2.16. The highest BCUT2D eigenvalue weighted by Gasteiger charge is 2.09. The first kappa shape index (κ1) is 11.2. The molecule has 0 amide bonds. The number of esters is 1. The lowest BCUT2D eigenvalue weighted by atomic mass is 10.1. The Balaban J connectivity index is 2.87. The molecule has 0 fully saturated rings. The third kappa shape index (κ3) is 2.80. The van der Waals surface area contributed by atoms with Crippen LogP contribution in [-0.4, -0.2) is 19.4 Å². The largest absolute Gasteiger partial charge is 0.465 e. The van der Waals surface area contributed by atoms with E-state index in [1.807, 2.05) is 0 Å². The molecule has 0 saturated carbocycles. The normalized spacial score (nSPS) is 9.67. The second-order valence-corrected chi connectivity index (χ2v) is 3.12.